The van der Waals surface area contributed by atoms with Gasteiger partial charge in [0.2, 0.25) is 5.88 Å². The maximum absolute atomic E-state index is 9.29. The van der Waals surface area contributed by atoms with E-state index in [9.17, 15) is 5.11 Å². The van der Waals surface area contributed by atoms with Crippen LogP contribution in [-0.2, 0) is 0 Å². The van der Waals surface area contributed by atoms with E-state index in [1.165, 1.54) is 0 Å². The molecule has 1 atom stereocenters. The van der Waals surface area contributed by atoms with Gasteiger partial charge in [-0.2, -0.15) is 4.98 Å². The van der Waals surface area contributed by atoms with Crippen molar-refractivity contribution in [2.24, 2.45) is 0 Å². The zero-order chi connectivity index (χ0) is 10.6. The van der Waals surface area contributed by atoms with E-state index in [1.807, 2.05) is 20.8 Å². The highest BCUT2D eigenvalue weighted by molar-refractivity contribution is 5.14. The molecule has 1 unspecified atom stereocenters. The van der Waals surface area contributed by atoms with Gasteiger partial charge >= 0.3 is 0 Å². The third-order valence-electron chi connectivity index (χ3n) is 1.84. The van der Waals surface area contributed by atoms with Crippen LogP contribution in [0.3, 0.4) is 0 Å². The van der Waals surface area contributed by atoms with Crippen LogP contribution in [0.25, 0.3) is 0 Å². The van der Waals surface area contributed by atoms with E-state index in [4.69, 9.17) is 4.74 Å². The van der Waals surface area contributed by atoms with Gasteiger partial charge in [-0.15, -0.1) is 0 Å². The minimum absolute atomic E-state index is 0.284. The monoisotopic (exact) mass is 196 g/mol. The highest BCUT2D eigenvalue weighted by atomic mass is 16.5. The molecule has 0 amide bonds. The molecule has 4 nitrogen and oxygen atoms in total. The lowest BCUT2D eigenvalue weighted by Gasteiger charge is -2.09. The molecule has 0 saturated carbocycles. The Morgan fingerprint density at radius 3 is 2.71 bits per heavy atom. The van der Waals surface area contributed by atoms with Gasteiger partial charge in [0, 0.05) is 11.8 Å². The molecule has 1 heterocycles. The summed E-state index contributed by atoms with van der Waals surface area (Å²) in [6.07, 6.45) is 0.258. The molecule has 0 spiro atoms. The van der Waals surface area contributed by atoms with Crippen LogP contribution >= 0.6 is 0 Å². The summed E-state index contributed by atoms with van der Waals surface area (Å²) in [7, 11) is 0. The third kappa shape index (κ3) is 3.30. The Bertz CT molecular complexity index is 282. The zero-order valence-corrected chi connectivity index (χ0v) is 8.82. The van der Waals surface area contributed by atoms with Crippen molar-refractivity contribution in [3.05, 3.63) is 17.6 Å². The molecule has 1 rings (SSSR count). The van der Waals surface area contributed by atoms with Gasteiger partial charge in [0.05, 0.1) is 6.10 Å². The van der Waals surface area contributed by atoms with Crippen LogP contribution in [0.15, 0.2) is 6.07 Å². The molecule has 1 aromatic rings. The first-order valence-electron chi connectivity index (χ1n) is 4.75. The van der Waals surface area contributed by atoms with E-state index < -0.39 is 6.10 Å². The fourth-order valence-corrected chi connectivity index (χ4v) is 1.06. The molecule has 0 bridgehead atoms. The second-order valence-electron chi connectivity index (χ2n) is 3.27. The second-order valence-corrected chi connectivity index (χ2v) is 3.27. The molecule has 1 N–H and O–H groups in total. The van der Waals surface area contributed by atoms with Crippen molar-refractivity contribution in [2.75, 3.05) is 6.61 Å². The lowest BCUT2D eigenvalue weighted by Crippen LogP contribution is -2.16. The Morgan fingerprint density at radius 1 is 1.43 bits per heavy atom. The Hall–Kier alpha value is -1.16. The predicted molar refractivity (Wildman–Crippen MR) is 53.3 cm³/mol. The van der Waals surface area contributed by atoms with Crippen molar-refractivity contribution in [2.45, 2.75) is 33.3 Å². The molecule has 0 aliphatic carbocycles. The Morgan fingerprint density at radius 2 is 2.14 bits per heavy atom. The lowest BCUT2D eigenvalue weighted by molar-refractivity contribution is 0.101. The molecule has 0 saturated heterocycles. The van der Waals surface area contributed by atoms with Crippen molar-refractivity contribution in [3.8, 4) is 5.88 Å². The molecule has 4 heteroatoms. The quantitative estimate of drug-likeness (QED) is 0.787. The first-order valence-corrected chi connectivity index (χ1v) is 4.75. The molecule has 1 aromatic heterocycles. The van der Waals surface area contributed by atoms with E-state index in [0.29, 0.717) is 18.1 Å². The number of ether oxygens (including phenoxy) is 1. The first-order chi connectivity index (χ1) is 6.61. The molecule has 0 aliphatic heterocycles. The van der Waals surface area contributed by atoms with Crippen LogP contribution in [0, 0.1) is 13.8 Å². The third-order valence-corrected chi connectivity index (χ3v) is 1.84. The van der Waals surface area contributed by atoms with Crippen molar-refractivity contribution >= 4 is 0 Å². The number of aliphatic hydroxyl groups excluding tert-OH is 1. The summed E-state index contributed by atoms with van der Waals surface area (Å²) >= 11 is 0. The summed E-state index contributed by atoms with van der Waals surface area (Å²) in [5.74, 6) is 1.22. The smallest absolute Gasteiger partial charge is 0.216 e. The van der Waals surface area contributed by atoms with Gasteiger partial charge in [-0.1, -0.05) is 6.92 Å². The largest absolute Gasteiger partial charge is 0.475 e. The van der Waals surface area contributed by atoms with Crippen LogP contribution in [0.2, 0.25) is 0 Å². The summed E-state index contributed by atoms with van der Waals surface area (Å²) < 4.78 is 5.32. The highest BCUT2D eigenvalue weighted by Crippen LogP contribution is 2.08. The summed E-state index contributed by atoms with van der Waals surface area (Å²) in [6.45, 7) is 5.89. The number of hydrogen-bond donors (Lipinski definition) is 1. The minimum atomic E-state index is -0.425. The normalized spacial score (nSPS) is 12.6. The number of aromatic nitrogens is 2. The van der Waals surface area contributed by atoms with E-state index >= 15 is 0 Å². The molecule has 0 fully saturated rings. The second kappa shape index (κ2) is 4.91. The van der Waals surface area contributed by atoms with Gasteiger partial charge in [0.1, 0.15) is 12.4 Å². The predicted octanol–water partition coefficient (Wildman–Crippen LogP) is 1.24. The van der Waals surface area contributed by atoms with Crippen molar-refractivity contribution in [3.63, 3.8) is 0 Å². The Labute approximate surface area is 84.0 Å². The van der Waals surface area contributed by atoms with Crippen molar-refractivity contribution in [1.29, 1.82) is 0 Å². The number of rotatable bonds is 4. The van der Waals surface area contributed by atoms with Gasteiger partial charge in [0.25, 0.3) is 0 Å². The summed E-state index contributed by atoms with van der Waals surface area (Å²) in [5, 5.41) is 9.29. The highest BCUT2D eigenvalue weighted by Gasteiger charge is 2.04. The average molecular weight is 196 g/mol. The molecule has 78 valence electrons. The summed E-state index contributed by atoms with van der Waals surface area (Å²) in [5.41, 5.74) is 0.874. The standard InChI is InChI=1S/C10H16N2O2/c1-4-9(13)6-14-10-5-7(2)11-8(3)12-10/h5,9,13H,4,6H2,1-3H3. The molecule has 14 heavy (non-hydrogen) atoms. The van der Waals surface area contributed by atoms with E-state index in [2.05, 4.69) is 9.97 Å². The number of aryl methyl sites for hydroxylation is 2. The fraction of sp³-hybridized carbons (Fsp3) is 0.600. The molecule has 0 aliphatic rings. The molecule has 0 radical (unpaired) electrons. The number of aliphatic hydroxyl groups is 1. The van der Waals surface area contributed by atoms with Gasteiger partial charge < -0.3 is 9.84 Å². The van der Waals surface area contributed by atoms with E-state index in [1.54, 1.807) is 6.07 Å². The fourth-order valence-electron chi connectivity index (χ4n) is 1.06. The Balaban J connectivity index is 2.58. The van der Waals surface area contributed by atoms with E-state index in [0.717, 1.165) is 5.69 Å². The molecular formula is C10H16N2O2. The lowest BCUT2D eigenvalue weighted by atomic mass is 10.3. The maximum Gasteiger partial charge on any atom is 0.216 e. The van der Waals surface area contributed by atoms with Gasteiger partial charge in [-0.05, 0) is 20.3 Å². The topological polar surface area (TPSA) is 55.2 Å². The SMILES string of the molecule is CCC(O)COc1cc(C)nc(C)n1. The molecular weight excluding hydrogens is 180 g/mol. The minimum Gasteiger partial charge on any atom is -0.475 e. The van der Waals surface area contributed by atoms with Crippen LogP contribution < -0.4 is 4.74 Å². The van der Waals surface area contributed by atoms with Gasteiger partial charge in [0.15, 0.2) is 0 Å². The van der Waals surface area contributed by atoms with E-state index in [-0.39, 0.29) is 6.61 Å². The first kappa shape index (κ1) is 10.9. The van der Waals surface area contributed by atoms with Crippen LogP contribution in [0.4, 0.5) is 0 Å². The van der Waals surface area contributed by atoms with Crippen LogP contribution in [0.5, 0.6) is 5.88 Å². The maximum atomic E-state index is 9.29. The van der Waals surface area contributed by atoms with Gasteiger partial charge in [-0.25, -0.2) is 4.98 Å². The zero-order valence-electron chi connectivity index (χ0n) is 8.82. The molecule has 0 aromatic carbocycles. The van der Waals surface area contributed by atoms with Crippen LogP contribution in [-0.4, -0.2) is 27.8 Å². The Kier molecular flexibility index (Phi) is 3.83. The average Bonchev–Trinajstić information content (AvgIpc) is 2.12. The number of hydrogen-bond acceptors (Lipinski definition) is 4. The van der Waals surface area contributed by atoms with Crippen molar-refractivity contribution in [1.82, 2.24) is 9.97 Å². The van der Waals surface area contributed by atoms with Crippen LogP contribution in [0.1, 0.15) is 24.9 Å². The summed E-state index contributed by atoms with van der Waals surface area (Å²) in [4.78, 5) is 8.22. The summed E-state index contributed by atoms with van der Waals surface area (Å²) in [6, 6.07) is 1.76. The van der Waals surface area contributed by atoms with Crippen molar-refractivity contribution < 1.29 is 9.84 Å². The van der Waals surface area contributed by atoms with Gasteiger partial charge in [-0.3, -0.25) is 0 Å². The number of nitrogens with zero attached hydrogens (tertiary/aromatic N) is 2.